The minimum atomic E-state index is -0.827. The third-order valence-electron chi connectivity index (χ3n) is 5.52. The number of methoxy groups -OCH3 is 1. The van der Waals surface area contributed by atoms with E-state index in [9.17, 15) is 23.2 Å². The van der Waals surface area contributed by atoms with Gasteiger partial charge in [-0.25, -0.2) is 13.6 Å². The first-order valence-electron chi connectivity index (χ1n) is 10.3. The molecule has 3 rings (SSSR count). The fraction of sp³-hybridized carbons (Fsp3) is 0.571. The van der Waals surface area contributed by atoms with Crippen LogP contribution in [0.5, 0.6) is 0 Å². The van der Waals surface area contributed by atoms with E-state index in [1.807, 2.05) is 0 Å². The number of esters is 1. The van der Waals surface area contributed by atoms with Gasteiger partial charge in [0.1, 0.15) is 17.4 Å². The monoisotopic (exact) mass is 455 g/mol. The minimum Gasteiger partial charge on any atom is -0.457 e. The van der Waals surface area contributed by atoms with Gasteiger partial charge in [-0.3, -0.25) is 14.5 Å². The lowest BCUT2D eigenvalue weighted by Crippen LogP contribution is -2.50. The van der Waals surface area contributed by atoms with Gasteiger partial charge in [-0.2, -0.15) is 0 Å². The first-order chi connectivity index (χ1) is 15.1. The van der Waals surface area contributed by atoms with Crippen LogP contribution in [-0.2, 0) is 23.8 Å². The first kappa shape index (κ1) is 23.7. The van der Waals surface area contributed by atoms with Crippen molar-refractivity contribution in [1.82, 2.24) is 5.32 Å². The molecule has 2 saturated heterocycles. The quantitative estimate of drug-likeness (QED) is 0.628. The lowest BCUT2D eigenvalue weighted by Gasteiger charge is -2.41. The van der Waals surface area contributed by atoms with E-state index < -0.39 is 35.4 Å². The molecule has 2 fully saturated rings. The number of piperidine rings is 1. The Labute approximate surface area is 184 Å². The zero-order valence-corrected chi connectivity index (χ0v) is 18.3. The van der Waals surface area contributed by atoms with Crippen molar-refractivity contribution < 1.29 is 37.4 Å². The maximum atomic E-state index is 15.0. The molecule has 0 aliphatic carbocycles. The molecule has 9 nitrogen and oxygen atoms in total. The van der Waals surface area contributed by atoms with E-state index in [1.165, 1.54) is 21.0 Å². The smallest absolute Gasteiger partial charge is 0.414 e. The van der Waals surface area contributed by atoms with Crippen molar-refractivity contribution in [2.75, 3.05) is 49.7 Å². The predicted octanol–water partition coefficient (Wildman–Crippen LogP) is 1.97. The number of carbonyl (C=O) groups is 3. The number of carbonyl (C=O) groups excluding carboxylic acids is 3. The summed E-state index contributed by atoms with van der Waals surface area (Å²) in [5.41, 5.74) is -0.999. The average molecular weight is 455 g/mol. The molecular weight excluding hydrogens is 428 g/mol. The van der Waals surface area contributed by atoms with Crippen LogP contribution in [0.2, 0.25) is 0 Å². The molecule has 1 atom stereocenters. The number of nitrogens with zero attached hydrogens (tertiary/aromatic N) is 2. The lowest BCUT2D eigenvalue weighted by molar-refractivity contribution is -0.165. The molecule has 1 aromatic carbocycles. The summed E-state index contributed by atoms with van der Waals surface area (Å²) < 4.78 is 45.7. The second-order valence-electron chi connectivity index (χ2n) is 8.01. The summed E-state index contributed by atoms with van der Waals surface area (Å²) in [4.78, 5) is 37.3. The van der Waals surface area contributed by atoms with Crippen molar-refractivity contribution in [1.29, 1.82) is 0 Å². The second kappa shape index (κ2) is 9.68. The van der Waals surface area contributed by atoms with Crippen molar-refractivity contribution in [2.24, 2.45) is 0 Å². The zero-order valence-electron chi connectivity index (χ0n) is 18.3. The summed E-state index contributed by atoms with van der Waals surface area (Å²) in [5, 5.41) is 2.54. The van der Waals surface area contributed by atoms with Gasteiger partial charge in [0.2, 0.25) is 5.91 Å². The summed E-state index contributed by atoms with van der Waals surface area (Å²) in [7, 11) is 1.50. The van der Waals surface area contributed by atoms with Crippen molar-refractivity contribution in [3.8, 4) is 0 Å². The molecule has 0 aromatic heterocycles. The van der Waals surface area contributed by atoms with Crippen LogP contribution < -0.4 is 15.1 Å². The molecule has 2 amide bonds. The van der Waals surface area contributed by atoms with Crippen molar-refractivity contribution in [3.63, 3.8) is 0 Å². The van der Waals surface area contributed by atoms with Crippen LogP contribution in [0.15, 0.2) is 12.1 Å². The highest BCUT2D eigenvalue weighted by atomic mass is 19.1. The van der Waals surface area contributed by atoms with Gasteiger partial charge in [0.25, 0.3) is 0 Å². The molecule has 0 saturated carbocycles. The van der Waals surface area contributed by atoms with Gasteiger partial charge in [0, 0.05) is 59.0 Å². The summed E-state index contributed by atoms with van der Waals surface area (Å²) in [6.45, 7) is 3.53. The number of halogens is 2. The van der Waals surface area contributed by atoms with Crippen molar-refractivity contribution in [3.05, 3.63) is 23.8 Å². The Bertz CT molecular complexity index is 865. The molecular formula is C21H27F2N3O6. The fourth-order valence-electron chi connectivity index (χ4n) is 4.09. The largest absolute Gasteiger partial charge is 0.457 e. The SMILES string of the molecule is COCC1(OC(C)=O)CCN(c2c(F)cc(N3CC(CNC(C)=O)OC3=O)cc2F)CC1. The number of nitrogens with one attached hydrogen (secondary N) is 1. The Kier molecular flexibility index (Phi) is 7.17. The van der Waals surface area contributed by atoms with Gasteiger partial charge in [-0.1, -0.05) is 0 Å². The Balaban J connectivity index is 1.72. The lowest BCUT2D eigenvalue weighted by atomic mass is 9.91. The van der Waals surface area contributed by atoms with Gasteiger partial charge >= 0.3 is 12.1 Å². The molecule has 176 valence electrons. The Hall–Kier alpha value is -2.95. The number of anilines is 2. The van der Waals surface area contributed by atoms with Crippen LogP contribution >= 0.6 is 0 Å². The standard InChI is InChI=1S/C21H27F2N3O6/c1-13(27)24-10-16-11-26(20(29)31-16)15-8-17(22)19(18(23)9-15)25-6-4-21(5-7-25,12-30-3)32-14(2)28/h8-9,16H,4-7,10-12H2,1-3H3,(H,24,27). The molecule has 0 spiro atoms. The van der Waals surface area contributed by atoms with Gasteiger partial charge in [-0.15, -0.1) is 0 Å². The Morgan fingerprint density at radius 3 is 2.38 bits per heavy atom. The normalized spacial score (nSPS) is 20.2. The predicted molar refractivity (Wildman–Crippen MR) is 110 cm³/mol. The maximum Gasteiger partial charge on any atom is 0.414 e. The number of ether oxygens (including phenoxy) is 3. The molecule has 11 heteroatoms. The Morgan fingerprint density at radius 1 is 1.22 bits per heavy atom. The number of rotatable bonds is 7. The van der Waals surface area contributed by atoms with Crippen LogP contribution in [0.3, 0.4) is 0 Å². The summed E-state index contributed by atoms with van der Waals surface area (Å²) >= 11 is 0. The van der Waals surface area contributed by atoms with Gasteiger partial charge in [0.15, 0.2) is 11.6 Å². The summed E-state index contributed by atoms with van der Waals surface area (Å²) in [6, 6.07) is 2.17. The highest BCUT2D eigenvalue weighted by Crippen LogP contribution is 2.35. The van der Waals surface area contributed by atoms with E-state index in [2.05, 4.69) is 5.32 Å². The molecule has 2 aliphatic rings. The van der Waals surface area contributed by atoms with E-state index in [4.69, 9.17) is 14.2 Å². The number of benzene rings is 1. The van der Waals surface area contributed by atoms with Crippen molar-refractivity contribution >= 4 is 29.3 Å². The molecule has 2 aliphatic heterocycles. The molecule has 0 bridgehead atoms. The van der Waals surface area contributed by atoms with Gasteiger partial charge < -0.3 is 24.4 Å². The van der Waals surface area contributed by atoms with Gasteiger partial charge in [-0.05, 0) is 0 Å². The second-order valence-corrected chi connectivity index (χ2v) is 8.01. The van der Waals surface area contributed by atoms with E-state index in [-0.39, 0.29) is 50.1 Å². The number of hydrogen-bond acceptors (Lipinski definition) is 7. The van der Waals surface area contributed by atoms with E-state index >= 15 is 0 Å². The zero-order chi connectivity index (χ0) is 23.5. The molecule has 0 radical (unpaired) electrons. The van der Waals surface area contributed by atoms with E-state index in [0.29, 0.717) is 12.8 Å². The van der Waals surface area contributed by atoms with Crippen molar-refractivity contribution in [2.45, 2.75) is 38.4 Å². The molecule has 2 heterocycles. The highest BCUT2D eigenvalue weighted by molar-refractivity contribution is 5.90. The Morgan fingerprint density at radius 2 is 1.84 bits per heavy atom. The molecule has 32 heavy (non-hydrogen) atoms. The topological polar surface area (TPSA) is 97.4 Å². The van der Waals surface area contributed by atoms with Gasteiger partial charge in [0.05, 0.1) is 25.4 Å². The highest BCUT2D eigenvalue weighted by Gasteiger charge is 2.39. The summed E-state index contributed by atoms with van der Waals surface area (Å²) in [6.07, 6.45) is -0.653. The van der Waals surface area contributed by atoms with Crippen LogP contribution in [0.4, 0.5) is 25.0 Å². The summed E-state index contributed by atoms with van der Waals surface area (Å²) in [5.74, 6) is -2.34. The number of cyclic esters (lactones) is 1. The van der Waals surface area contributed by atoms with Crippen LogP contribution in [0, 0.1) is 11.6 Å². The average Bonchev–Trinajstić information content (AvgIpc) is 3.08. The van der Waals surface area contributed by atoms with Crippen LogP contribution in [0.25, 0.3) is 0 Å². The fourth-order valence-corrected chi connectivity index (χ4v) is 4.09. The maximum absolute atomic E-state index is 15.0. The van der Waals surface area contributed by atoms with E-state index in [0.717, 1.165) is 17.0 Å². The van der Waals surface area contributed by atoms with E-state index in [1.54, 1.807) is 4.90 Å². The number of amides is 2. The van der Waals surface area contributed by atoms with Crippen LogP contribution in [-0.4, -0.2) is 69.6 Å². The molecule has 1 unspecified atom stereocenters. The minimum absolute atomic E-state index is 0.0322. The number of hydrogen-bond donors (Lipinski definition) is 1. The molecule has 1 aromatic rings. The first-order valence-corrected chi connectivity index (χ1v) is 10.3. The third-order valence-corrected chi connectivity index (χ3v) is 5.52. The molecule has 1 N–H and O–H groups in total. The third kappa shape index (κ3) is 5.26. The van der Waals surface area contributed by atoms with Crippen LogP contribution in [0.1, 0.15) is 26.7 Å².